The highest BCUT2D eigenvalue weighted by Gasteiger charge is 2.23. The second-order valence-electron chi connectivity index (χ2n) is 5.52. The van der Waals surface area contributed by atoms with Gasteiger partial charge < -0.3 is 20.1 Å². The molecule has 0 radical (unpaired) electrons. The van der Waals surface area contributed by atoms with E-state index in [2.05, 4.69) is 10.6 Å². The number of nitrogens with one attached hydrogen (secondary N) is 2. The number of thioether (sulfide) groups is 1. The van der Waals surface area contributed by atoms with Crippen molar-refractivity contribution >= 4 is 35.0 Å². The Balaban J connectivity index is 1.82. The van der Waals surface area contributed by atoms with Crippen LogP contribution < -0.4 is 20.1 Å². The lowest BCUT2D eigenvalue weighted by Crippen LogP contribution is -2.26. The molecule has 1 heterocycles. The van der Waals surface area contributed by atoms with E-state index in [1.54, 1.807) is 44.6 Å². The first-order valence-electron chi connectivity index (χ1n) is 7.66. The van der Waals surface area contributed by atoms with E-state index in [4.69, 9.17) is 9.47 Å². The van der Waals surface area contributed by atoms with Gasteiger partial charge in [0.15, 0.2) is 0 Å². The summed E-state index contributed by atoms with van der Waals surface area (Å²) in [6.45, 7) is 1.85. The quantitative estimate of drug-likeness (QED) is 0.876. The monoisotopic (exact) mass is 358 g/mol. The fourth-order valence-corrected chi connectivity index (χ4v) is 3.36. The number of benzene rings is 2. The van der Waals surface area contributed by atoms with E-state index in [1.165, 1.54) is 11.8 Å². The van der Waals surface area contributed by atoms with Gasteiger partial charge in [-0.15, -0.1) is 11.8 Å². The largest absolute Gasteiger partial charge is 0.497 e. The highest BCUT2D eigenvalue weighted by atomic mass is 32.2. The number of methoxy groups -OCH3 is 2. The van der Waals surface area contributed by atoms with E-state index in [9.17, 15) is 9.59 Å². The molecule has 2 N–H and O–H groups in total. The summed E-state index contributed by atoms with van der Waals surface area (Å²) in [5, 5.41) is 5.50. The maximum Gasteiger partial charge on any atom is 0.255 e. The lowest BCUT2D eigenvalue weighted by molar-refractivity contribution is -0.115. The van der Waals surface area contributed by atoms with Gasteiger partial charge in [0.05, 0.1) is 25.2 Å². The maximum absolute atomic E-state index is 12.5. The van der Waals surface area contributed by atoms with Crippen LogP contribution in [0.4, 0.5) is 11.4 Å². The van der Waals surface area contributed by atoms with E-state index in [0.29, 0.717) is 28.4 Å². The second kappa shape index (κ2) is 7.06. The van der Waals surface area contributed by atoms with Gasteiger partial charge in [-0.05, 0) is 25.1 Å². The van der Waals surface area contributed by atoms with Crippen molar-refractivity contribution in [2.24, 2.45) is 0 Å². The van der Waals surface area contributed by atoms with Crippen LogP contribution in [0.25, 0.3) is 0 Å². The average molecular weight is 358 g/mol. The Kier molecular flexibility index (Phi) is 4.85. The van der Waals surface area contributed by atoms with Gasteiger partial charge in [0.25, 0.3) is 5.91 Å². The summed E-state index contributed by atoms with van der Waals surface area (Å²) in [5.41, 5.74) is 1.67. The van der Waals surface area contributed by atoms with Crippen molar-refractivity contribution in [3.05, 3.63) is 42.0 Å². The summed E-state index contributed by atoms with van der Waals surface area (Å²) in [7, 11) is 3.09. The first kappa shape index (κ1) is 17.2. The van der Waals surface area contributed by atoms with Crippen LogP contribution in [-0.2, 0) is 4.79 Å². The minimum absolute atomic E-state index is 0.0624. The minimum Gasteiger partial charge on any atom is -0.497 e. The fraction of sp³-hybridized carbons (Fsp3) is 0.222. The summed E-state index contributed by atoms with van der Waals surface area (Å²) >= 11 is 1.48. The molecular formula is C18H18N2O4S. The molecule has 2 aromatic carbocycles. The Morgan fingerprint density at radius 2 is 1.80 bits per heavy atom. The van der Waals surface area contributed by atoms with Crippen LogP contribution in [-0.4, -0.2) is 31.3 Å². The number of carbonyl (C=O) groups is 2. The van der Waals surface area contributed by atoms with Crippen molar-refractivity contribution in [2.75, 3.05) is 24.9 Å². The van der Waals surface area contributed by atoms with Gasteiger partial charge in [-0.2, -0.15) is 0 Å². The van der Waals surface area contributed by atoms with Crippen LogP contribution >= 0.6 is 11.8 Å². The Morgan fingerprint density at radius 3 is 2.44 bits per heavy atom. The molecule has 3 rings (SSSR count). The second-order valence-corrected chi connectivity index (χ2v) is 6.90. The molecule has 7 heteroatoms. The van der Waals surface area contributed by atoms with Crippen LogP contribution in [0.5, 0.6) is 11.5 Å². The van der Waals surface area contributed by atoms with Crippen LogP contribution in [0.15, 0.2) is 41.3 Å². The van der Waals surface area contributed by atoms with Crippen molar-refractivity contribution in [3.8, 4) is 11.5 Å². The lowest BCUT2D eigenvalue weighted by atomic mass is 10.1. The highest BCUT2D eigenvalue weighted by Crippen LogP contribution is 2.36. The molecule has 0 aromatic heterocycles. The molecular weight excluding hydrogens is 340 g/mol. The van der Waals surface area contributed by atoms with E-state index >= 15 is 0 Å². The lowest BCUT2D eigenvalue weighted by Gasteiger charge is -2.21. The summed E-state index contributed by atoms with van der Waals surface area (Å²) in [6, 6.07) is 10.4. The van der Waals surface area contributed by atoms with Gasteiger partial charge >= 0.3 is 0 Å². The zero-order valence-electron chi connectivity index (χ0n) is 14.1. The molecule has 25 heavy (non-hydrogen) atoms. The van der Waals surface area contributed by atoms with Gasteiger partial charge in [-0.25, -0.2) is 0 Å². The molecule has 1 atom stereocenters. The number of hydrogen-bond acceptors (Lipinski definition) is 5. The van der Waals surface area contributed by atoms with Gasteiger partial charge in [0.2, 0.25) is 5.91 Å². The zero-order chi connectivity index (χ0) is 18.0. The molecule has 1 aliphatic rings. The van der Waals surface area contributed by atoms with Crippen molar-refractivity contribution in [1.82, 2.24) is 0 Å². The van der Waals surface area contributed by atoms with Crippen molar-refractivity contribution < 1.29 is 19.1 Å². The normalized spacial score (nSPS) is 15.8. The van der Waals surface area contributed by atoms with Gasteiger partial charge in [-0.1, -0.05) is 0 Å². The first-order chi connectivity index (χ1) is 12.0. The van der Waals surface area contributed by atoms with Crippen LogP contribution in [0.1, 0.15) is 17.3 Å². The molecule has 130 valence electrons. The molecule has 0 saturated heterocycles. The third-order valence-corrected chi connectivity index (χ3v) is 4.96. The number of anilines is 2. The van der Waals surface area contributed by atoms with E-state index in [0.717, 1.165) is 4.90 Å². The van der Waals surface area contributed by atoms with Crippen LogP contribution in [0.2, 0.25) is 0 Å². The first-order valence-corrected chi connectivity index (χ1v) is 8.54. The summed E-state index contributed by atoms with van der Waals surface area (Å²) in [4.78, 5) is 25.3. The fourth-order valence-electron chi connectivity index (χ4n) is 2.43. The van der Waals surface area contributed by atoms with Crippen molar-refractivity contribution in [3.63, 3.8) is 0 Å². The number of fused-ring (bicyclic) bond motifs is 1. The summed E-state index contributed by atoms with van der Waals surface area (Å²) in [5.74, 6) is 0.819. The standard InChI is InChI=1S/C18H18N2O4S/c1-10-17(21)20-15-6-11(4-5-16(15)25-10)18(22)19-12-7-13(23-2)9-14(8-12)24-3/h4-10H,1-3H3,(H,19,22)(H,20,21). The Labute approximate surface area is 149 Å². The SMILES string of the molecule is COc1cc(NC(=O)c2ccc3c(c2)NC(=O)C(C)S3)cc(OC)c1. The number of carbonyl (C=O) groups excluding carboxylic acids is 2. The van der Waals surface area contributed by atoms with E-state index in [-0.39, 0.29) is 17.1 Å². The van der Waals surface area contributed by atoms with Gasteiger partial charge in [-0.3, -0.25) is 9.59 Å². The molecule has 0 spiro atoms. The predicted molar refractivity (Wildman–Crippen MR) is 97.9 cm³/mol. The number of hydrogen-bond donors (Lipinski definition) is 2. The highest BCUT2D eigenvalue weighted by molar-refractivity contribution is 8.00. The molecule has 0 saturated carbocycles. The molecule has 2 aromatic rings. The Hall–Kier alpha value is -2.67. The number of ether oxygens (including phenoxy) is 2. The third kappa shape index (κ3) is 3.71. The Morgan fingerprint density at radius 1 is 1.12 bits per heavy atom. The third-order valence-electron chi connectivity index (χ3n) is 3.78. The minimum atomic E-state index is -0.282. The Bertz CT molecular complexity index is 816. The molecule has 0 fully saturated rings. The maximum atomic E-state index is 12.5. The summed E-state index contributed by atoms with van der Waals surface area (Å²) < 4.78 is 10.4. The molecule has 2 amide bonds. The average Bonchev–Trinajstić information content (AvgIpc) is 2.61. The molecule has 1 unspecified atom stereocenters. The van der Waals surface area contributed by atoms with Gasteiger partial charge in [0.1, 0.15) is 11.5 Å². The van der Waals surface area contributed by atoms with Crippen LogP contribution in [0.3, 0.4) is 0 Å². The van der Waals surface area contributed by atoms with Crippen molar-refractivity contribution in [1.29, 1.82) is 0 Å². The summed E-state index contributed by atoms with van der Waals surface area (Å²) in [6.07, 6.45) is 0. The van der Waals surface area contributed by atoms with E-state index < -0.39 is 0 Å². The molecule has 6 nitrogen and oxygen atoms in total. The number of rotatable bonds is 4. The molecule has 0 bridgehead atoms. The smallest absolute Gasteiger partial charge is 0.255 e. The number of amides is 2. The predicted octanol–water partition coefficient (Wildman–Crippen LogP) is 3.39. The van der Waals surface area contributed by atoms with Crippen LogP contribution in [0, 0.1) is 0 Å². The topological polar surface area (TPSA) is 76.7 Å². The van der Waals surface area contributed by atoms with E-state index in [1.807, 2.05) is 13.0 Å². The van der Waals surface area contributed by atoms with Crippen molar-refractivity contribution in [2.45, 2.75) is 17.1 Å². The zero-order valence-corrected chi connectivity index (χ0v) is 14.9. The molecule has 0 aliphatic carbocycles. The van der Waals surface area contributed by atoms with Gasteiger partial charge in [0, 0.05) is 34.3 Å². The molecule has 1 aliphatic heterocycles.